The first kappa shape index (κ1) is 20.9. The molecule has 0 amide bonds. The average molecular weight is 391 g/mol. The van der Waals surface area contributed by atoms with E-state index in [0.29, 0.717) is 11.7 Å². The van der Waals surface area contributed by atoms with Gasteiger partial charge in [-0.3, -0.25) is 14.4 Å². The Bertz CT molecular complexity index is 841. The van der Waals surface area contributed by atoms with Gasteiger partial charge in [0.15, 0.2) is 0 Å². The van der Waals surface area contributed by atoms with Gasteiger partial charge in [0.05, 0.1) is 10.6 Å². The van der Waals surface area contributed by atoms with Crippen LogP contribution in [0, 0.1) is 5.92 Å². The Morgan fingerprint density at radius 3 is 2.59 bits per heavy atom. The van der Waals surface area contributed by atoms with Gasteiger partial charge in [0.2, 0.25) is 17.2 Å². The highest BCUT2D eigenvalue weighted by Gasteiger charge is 2.52. The van der Waals surface area contributed by atoms with E-state index in [4.69, 9.17) is 21.1 Å². The van der Waals surface area contributed by atoms with Crippen LogP contribution < -0.4 is 0 Å². The van der Waals surface area contributed by atoms with E-state index in [9.17, 15) is 14.4 Å². The molecule has 5 nitrogen and oxygen atoms in total. The second kappa shape index (κ2) is 8.09. The number of ketones is 2. The van der Waals surface area contributed by atoms with Gasteiger partial charge >= 0.3 is 5.97 Å². The van der Waals surface area contributed by atoms with Crippen molar-refractivity contribution >= 4 is 29.1 Å². The number of ether oxygens (including phenoxy) is 2. The van der Waals surface area contributed by atoms with Crippen molar-refractivity contribution in [3.05, 3.63) is 58.1 Å². The van der Waals surface area contributed by atoms with Crippen LogP contribution in [0.4, 0.5) is 0 Å². The molecule has 0 aromatic carbocycles. The summed E-state index contributed by atoms with van der Waals surface area (Å²) in [7, 11) is 0. The van der Waals surface area contributed by atoms with E-state index >= 15 is 0 Å². The van der Waals surface area contributed by atoms with E-state index in [1.165, 1.54) is 19.3 Å². The third-order valence-corrected chi connectivity index (χ3v) is 4.86. The molecule has 2 atom stereocenters. The molecule has 0 saturated heterocycles. The van der Waals surface area contributed by atoms with Crippen LogP contribution in [0.15, 0.2) is 58.1 Å². The molecule has 0 fully saturated rings. The van der Waals surface area contributed by atoms with Gasteiger partial charge in [0, 0.05) is 12.5 Å². The number of halogens is 1. The van der Waals surface area contributed by atoms with Gasteiger partial charge in [-0.2, -0.15) is 0 Å². The summed E-state index contributed by atoms with van der Waals surface area (Å²) in [5, 5.41) is -0.161. The minimum atomic E-state index is -1.97. The smallest absolute Gasteiger partial charge is 0.304 e. The lowest BCUT2D eigenvalue weighted by molar-refractivity contribution is -0.167. The van der Waals surface area contributed by atoms with Crippen LogP contribution in [-0.2, 0) is 23.9 Å². The number of hydrogen-bond acceptors (Lipinski definition) is 5. The zero-order valence-corrected chi connectivity index (χ0v) is 16.8. The molecule has 0 spiro atoms. The number of allylic oxidation sites excluding steroid dienone is 6. The lowest BCUT2D eigenvalue weighted by atomic mass is 9.80. The van der Waals surface area contributed by atoms with Crippen LogP contribution in [0.5, 0.6) is 0 Å². The van der Waals surface area contributed by atoms with Crippen LogP contribution in [0.2, 0.25) is 0 Å². The van der Waals surface area contributed by atoms with Crippen molar-refractivity contribution in [1.82, 2.24) is 0 Å². The van der Waals surface area contributed by atoms with Crippen molar-refractivity contribution in [2.24, 2.45) is 5.92 Å². The number of rotatable bonds is 5. The highest BCUT2D eigenvalue weighted by molar-refractivity contribution is 6.49. The largest absolute Gasteiger partial charge is 0.464 e. The van der Waals surface area contributed by atoms with E-state index in [0.717, 1.165) is 18.9 Å². The standard InChI is InChI=1S/C21H23ClO5/c1-6-12(2)9-13(3)7-8-15-10-16-17(11-26-15)19(24)21(5,27-14(4)23)20(25)18(16)22/h7-12H,6H2,1-5H3. The molecule has 0 aromatic heterocycles. The number of hydrogen-bond donors (Lipinski definition) is 0. The molecule has 27 heavy (non-hydrogen) atoms. The maximum absolute atomic E-state index is 12.7. The average Bonchev–Trinajstić information content (AvgIpc) is 2.62. The fourth-order valence-corrected chi connectivity index (χ4v) is 3.13. The molecule has 0 radical (unpaired) electrons. The Balaban J connectivity index is 2.36. The molecule has 1 aliphatic heterocycles. The number of carbonyl (C=O) groups is 3. The monoisotopic (exact) mass is 390 g/mol. The van der Waals surface area contributed by atoms with Crippen molar-refractivity contribution in [1.29, 1.82) is 0 Å². The van der Waals surface area contributed by atoms with Crippen molar-refractivity contribution in [2.75, 3.05) is 0 Å². The van der Waals surface area contributed by atoms with Gasteiger partial charge in [-0.15, -0.1) is 0 Å². The first-order chi connectivity index (χ1) is 12.6. The van der Waals surface area contributed by atoms with E-state index in [1.807, 2.05) is 13.0 Å². The predicted molar refractivity (Wildman–Crippen MR) is 103 cm³/mol. The minimum absolute atomic E-state index is 0.104. The van der Waals surface area contributed by atoms with E-state index in [1.54, 1.807) is 6.08 Å². The Hall–Kier alpha value is -2.40. The zero-order chi connectivity index (χ0) is 20.4. The minimum Gasteiger partial charge on any atom is -0.464 e. The van der Waals surface area contributed by atoms with Crippen LogP contribution in [-0.4, -0.2) is 23.1 Å². The van der Waals surface area contributed by atoms with E-state index in [2.05, 4.69) is 19.9 Å². The van der Waals surface area contributed by atoms with Crippen molar-refractivity contribution in [2.45, 2.75) is 46.6 Å². The SMILES string of the molecule is CCC(C)C=C(C)C=CC1=CC2=C(Cl)C(=O)C(C)(OC(C)=O)C(=O)C2=CO1. The zero-order valence-electron chi connectivity index (χ0n) is 16.1. The van der Waals surface area contributed by atoms with Gasteiger partial charge < -0.3 is 9.47 Å². The Kier molecular flexibility index (Phi) is 6.26. The molecule has 0 saturated carbocycles. The lowest BCUT2D eigenvalue weighted by Crippen LogP contribution is -2.51. The van der Waals surface area contributed by atoms with Crippen LogP contribution in [0.25, 0.3) is 0 Å². The normalized spacial score (nSPS) is 24.3. The fraction of sp³-hybridized carbons (Fsp3) is 0.381. The molecule has 144 valence electrons. The molecule has 0 aromatic rings. The highest BCUT2D eigenvalue weighted by atomic mass is 35.5. The lowest BCUT2D eigenvalue weighted by Gasteiger charge is -2.32. The molecule has 1 aliphatic carbocycles. The number of Topliss-reactive ketones (excluding diaryl/α,β-unsaturated/α-hetero) is 2. The molecule has 2 unspecified atom stereocenters. The second-order valence-corrected chi connectivity index (χ2v) is 7.22. The van der Waals surface area contributed by atoms with Gasteiger partial charge in [-0.1, -0.05) is 49.6 Å². The van der Waals surface area contributed by atoms with Gasteiger partial charge in [-0.05, 0) is 31.9 Å². The molecule has 2 rings (SSSR count). The number of esters is 1. The van der Waals surface area contributed by atoms with Crippen LogP contribution in [0.3, 0.4) is 0 Å². The van der Waals surface area contributed by atoms with Crippen LogP contribution in [0.1, 0.15) is 41.0 Å². The van der Waals surface area contributed by atoms with Crippen LogP contribution >= 0.6 is 11.6 Å². The molecule has 2 aliphatic rings. The third kappa shape index (κ3) is 4.30. The summed E-state index contributed by atoms with van der Waals surface area (Å²) >= 11 is 6.20. The first-order valence-electron chi connectivity index (χ1n) is 8.74. The third-order valence-electron chi connectivity index (χ3n) is 4.49. The summed E-state index contributed by atoms with van der Waals surface area (Å²) in [5.41, 5.74) is -0.529. The van der Waals surface area contributed by atoms with Crippen molar-refractivity contribution < 1.29 is 23.9 Å². The highest BCUT2D eigenvalue weighted by Crippen LogP contribution is 2.38. The molecule has 0 N–H and O–H groups in total. The van der Waals surface area contributed by atoms with Gasteiger partial charge in [-0.25, -0.2) is 0 Å². The molecular weight excluding hydrogens is 368 g/mol. The quantitative estimate of drug-likeness (QED) is 0.397. The number of carbonyl (C=O) groups excluding carboxylic acids is 3. The molecule has 0 bridgehead atoms. The summed E-state index contributed by atoms with van der Waals surface area (Å²) in [5.74, 6) is -1.24. The maximum Gasteiger partial charge on any atom is 0.304 e. The Morgan fingerprint density at radius 1 is 1.33 bits per heavy atom. The molecular formula is C21H23ClO5. The van der Waals surface area contributed by atoms with E-state index < -0.39 is 23.1 Å². The Labute approximate surface area is 164 Å². The van der Waals surface area contributed by atoms with Gasteiger partial charge in [0.1, 0.15) is 12.0 Å². The van der Waals surface area contributed by atoms with Crippen molar-refractivity contribution in [3.63, 3.8) is 0 Å². The maximum atomic E-state index is 12.7. The number of fused-ring (bicyclic) bond motifs is 1. The summed E-state index contributed by atoms with van der Waals surface area (Å²) in [6, 6.07) is 0. The molecule has 6 heteroatoms. The van der Waals surface area contributed by atoms with Crippen molar-refractivity contribution in [3.8, 4) is 0 Å². The summed E-state index contributed by atoms with van der Waals surface area (Å²) in [6.07, 6.45) is 9.60. The summed E-state index contributed by atoms with van der Waals surface area (Å²) in [6.45, 7) is 8.60. The van der Waals surface area contributed by atoms with Gasteiger partial charge in [0.25, 0.3) is 0 Å². The summed E-state index contributed by atoms with van der Waals surface area (Å²) < 4.78 is 10.5. The Morgan fingerprint density at radius 2 is 2.00 bits per heavy atom. The molecule has 1 heterocycles. The summed E-state index contributed by atoms with van der Waals surface area (Å²) in [4.78, 5) is 36.6. The van der Waals surface area contributed by atoms with E-state index in [-0.39, 0.29) is 16.2 Å². The second-order valence-electron chi connectivity index (χ2n) is 6.84. The topological polar surface area (TPSA) is 69.7 Å². The first-order valence-corrected chi connectivity index (χ1v) is 9.12. The fourth-order valence-electron chi connectivity index (χ4n) is 2.80. The predicted octanol–water partition coefficient (Wildman–Crippen LogP) is 4.30.